The molecule has 8 aromatic heterocycles. The van der Waals surface area contributed by atoms with E-state index in [1.165, 1.54) is 69.2 Å². The molecule has 0 bridgehead atoms. The normalized spacial score (nSPS) is 10.0. The van der Waals surface area contributed by atoms with Gasteiger partial charge in [-0.3, -0.25) is 27.2 Å². The SMILES string of the molecule is CC(=O)C=C(C)O.Fc1c[c-]c(-c2ccccn2)c(F)c1.Fc1c[c-]c(-c2ccccn2)c(F)c1.O=C(C=C(O)c1ccccc1)c1ccccc1.O=C(O)c1ccccn1.[Ir].[Ir].[Ir].[Ir].[Ir].[c-]1c(-c2ccccn2)sc2ccccc12.[c-]1c(-c2ccccn2)sc2ccccc12.[c-]1ccccc1-c1nccc2ccccc12. The van der Waals surface area contributed by atoms with Crippen molar-refractivity contribution in [3.05, 3.63) is 405 Å². The Bertz CT molecular complexity index is 5280. The zero-order valence-electron chi connectivity index (χ0n) is 58.9. The van der Waals surface area contributed by atoms with Crippen molar-refractivity contribution < 1.29 is 148 Å². The molecular formula is C89H63F4Ir5N6O6S2-5. The van der Waals surface area contributed by atoms with Crippen LogP contribution in [0.5, 0.6) is 0 Å². The van der Waals surface area contributed by atoms with Gasteiger partial charge in [0.1, 0.15) is 11.5 Å². The van der Waals surface area contributed by atoms with Crippen LogP contribution in [0, 0.1) is 53.6 Å². The van der Waals surface area contributed by atoms with Crippen molar-refractivity contribution in [1.82, 2.24) is 29.9 Å². The van der Waals surface area contributed by atoms with Gasteiger partial charge in [-0.1, -0.05) is 187 Å². The summed E-state index contributed by atoms with van der Waals surface area (Å²) in [4.78, 5) is 58.7. The number of carboxylic acids is 1. The van der Waals surface area contributed by atoms with Gasteiger partial charge in [-0.15, -0.1) is 107 Å². The van der Waals surface area contributed by atoms with Gasteiger partial charge in [0, 0.05) is 196 Å². The summed E-state index contributed by atoms with van der Waals surface area (Å²) in [6.45, 7) is 2.85. The number of aromatic nitrogens is 6. The fraction of sp³-hybridized carbons (Fsp3) is 0.0225. The number of carbonyl (C=O) groups excluding carboxylic acids is 2. The summed E-state index contributed by atoms with van der Waals surface area (Å²) in [7, 11) is 0. The smallest absolute Gasteiger partial charge is 0.354 e. The number of ketones is 2. The summed E-state index contributed by atoms with van der Waals surface area (Å²) in [5.74, 6) is -3.84. The predicted octanol–water partition coefficient (Wildman–Crippen LogP) is 22.2. The molecule has 0 saturated heterocycles. The van der Waals surface area contributed by atoms with Gasteiger partial charge in [-0.05, 0) is 103 Å². The van der Waals surface area contributed by atoms with E-state index in [0.29, 0.717) is 22.5 Å². The minimum atomic E-state index is -0.990. The molecule has 0 spiro atoms. The molecule has 0 saturated carbocycles. The molecule has 575 valence electrons. The van der Waals surface area contributed by atoms with Crippen LogP contribution in [0.15, 0.2) is 334 Å². The largest absolute Gasteiger partial charge is 0.512 e. The molecule has 5 radical (unpaired) electrons. The molecule has 0 aliphatic carbocycles. The maximum Gasteiger partial charge on any atom is 0.354 e. The van der Waals surface area contributed by atoms with Crippen LogP contribution in [0.1, 0.15) is 40.3 Å². The molecule has 8 aromatic carbocycles. The molecule has 0 aliphatic heterocycles. The number of fused-ring (bicyclic) bond motifs is 3. The van der Waals surface area contributed by atoms with Crippen LogP contribution < -0.4 is 0 Å². The third kappa shape index (κ3) is 30.4. The summed E-state index contributed by atoms with van der Waals surface area (Å²) in [5, 5.41) is 31.2. The van der Waals surface area contributed by atoms with Crippen LogP contribution >= 0.6 is 22.7 Å². The van der Waals surface area contributed by atoms with E-state index in [1.54, 1.807) is 120 Å². The molecule has 0 amide bonds. The Kier molecular flexibility index (Phi) is 42.5. The Hall–Kier alpha value is -10.3. The van der Waals surface area contributed by atoms with E-state index in [4.69, 9.17) is 10.2 Å². The number of halogens is 4. The summed E-state index contributed by atoms with van der Waals surface area (Å²) in [5.41, 5.74) is 6.59. The number of aromatic carboxylic acids is 1. The zero-order chi connectivity index (χ0) is 75.5. The first-order chi connectivity index (χ1) is 52.1. The van der Waals surface area contributed by atoms with Crippen LogP contribution in [0.25, 0.3) is 91.6 Å². The average Bonchev–Trinajstić information content (AvgIpc) is 1.05. The van der Waals surface area contributed by atoms with Crippen LogP contribution in [0.4, 0.5) is 17.6 Å². The molecule has 0 unspecified atom stereocenters. The summed E-state index contributed by atoms with van der Waals surface area (Å²) in [6.07, 6.45) is 12.4. The maximum atomic E-state index is 13.2. The van der Waals surface area contributed by atoms with Crippen molar-refractivity contribution in [2.75, 3.05) is 0 Å². The van der Waals surface area contributed by atoms with Crippen LogP contribution in [-0.4, -0.2) is 62.8 Å². The minimum Gasteiger partial charge on any atom is -0.512 e. The number of hydrogen-bond donors (Lipinski definition) is 3. The number of aliphatic hydroxyl groups is 2. The molecule has 16 aromatic rings. The Morgan fingerprint density at radius 3 is 1.21 bits per heavy atom. The van der Waals surface area contributed by atoms with Gasteiger partial charge in [0.15, 0.2) is 11.6 Å². The molecule has 112 heavy (non-hydrogen) atoms. The van der Waals surface area contributed by atoms with E-state index < -0.39 is 29.2 Å². The average molecular weight is 2410 g/mol. The van der Waals surface area contributed by atoms with Gasteiger partial charge in [0.25, 0.3) is 0 Å². The number of carbonyl (C=O) groups is 3. The quantitative estimate of drug-likeness (QED) is 0.0387. The van der Waals surface area contributed by atoms with Crippen LogP contribution in [0.2, 0.25) is 0 Å². The second kappa shape index (κ2) is 50.6. The predicted molar refractivity (Wildman–Crippen MR) is 417 cm³/mol. The second-order valence-corrected chi connectivity index (χ2v) is 24.3. The fourth-order valence-corrected chi connectivity index (χ4v) is 11.5. The van der Waals surface area contributed by atoms with Gasteiger partial charge < -0.3 is 40.2 Å². The Labute approximate surface area is 721 Å². The molecule has 3 N–H and O–H groups in total. The molecule has 0 atom stereocenters. The number of pyridine rings is 6. The summed E-state index contributed by atoms with van der Waals surface area (Å²) >= 11 is 3.46. The molecule has 8 heterocycles. The van der Waals surface area contributed by atoms with Gasteiger partial charge >= 0.3 is 5.97 Å². The molecule has 0 fully saturated rings. The number of rotatable bonds is 10. The number of thiophene rings is 2. The number of nitrogens with zero attached hydrogens (tertiary/aromatic N) is 6. The van der Waals surface area contributed by atoms with Gasteiger partial charge in [-0.25, -0.2) is 32.5 Å². The third-order valence-corrected chi connectivity index (χ3v) is 16.6. The Morgan fingerprint density at radius 1 is 0.402 bits per heavy atom. The maximum absolute atomic E-state index is 13.2. The first-order valence-electron chi connectivity index (χ1n) is 32.7. The number of aliphatic hydroxyl groups excluding tert-OH is 2. The first kappa shape index (κ1) is 94.1. The van der Waals surface area contributed by atoms with Crippen LogP contribution in [0.3, 0.4) is 0 Å². The fourth-order valence-electron chi connectivity index (χ4n) is 9.52. The van der Waals surface area contributed by atoms with Crippen molar-refractivity contribution in [1.29, 1.82) is 0 Å². The van der Waals surface area contributed by atoms with Gasteiger partial charge in [-0.2, -0.15) is 0 Å². The Balaban J connectivity index is 0.000000271. The van der Waals surface area contributed by atoms with E-state index >= 15 is 0 Å². The first-order valence-corrected chi connectivity index (χ1v) is 34.3. The van der Waals surface area contributed by atoms with E-state index in [0.717, 1.165) is 56.7 Å². The zero-order valence-corrected chi connectivity index (χ0v) is 72.5. The van der Waals surface area contributed by atoms with Crippen molar-refractivity contribution in [2.45, 2.75) is 13.8 Å². The molecule has 12 nitrogen and oxygen atoms in total. The number of carboxylic acid groups (broad SMARTS) is 1. The molecular weight excluding hydrogens is 2350 g/mol. The monoisotopic (exact) mass is 2420 g/mol. The minimum absolute atomic E-state index is 0. The van der Waals surface area contributed by atoms with Crippen molar-refractivity contribution >= 4 is 76.9 Å². The van der Waals surface area contributed by atoms with E-state index in [-0.39, 0.29) is 140 Å². The number of allylic oxidation sites excluding steroid dienone is 3. The summed E-state index contributed by atoms with van der Waals surface area (Å²) in [6, 6.07) is 98.3. The van der Waals surface area contributed by atoms with E-state index in [1.807, 2.05) is 134 Å². The molecule has 16 rings (SSSR count). The van der Waals surface area contributed by atoms with Crippen LogP contribution in [-0.2, 0) is 105 Å². The Morgan fingerprint density at radius 2 is 0.821 bits per heavy atom. The standard InChI is InChI=1S/C15H10N.C15H12O2.2C13H8NS.2C11H6F2N.C6H5NO2.C5H8O2.5Ir/c1-2-7-13(8-3-1)15-14-9-5-4-6-12(14)10-11-16-15;16-14(12-7-3-1-4-8-12)11-15(17)13-9-5-2-6-10-13;2*1-2-7-12-10(5-1)9-13(15-12)11-6-3-4-8-14-11;2*12-8-4-5-9(10(13)7-8)11-3-1-2-6-14-11;8-6(9)5-3-1-2-4-7-5;1-4(6)3-5(2)7;;;;;/h1-7,9-11H;1-11,16H;2*1-8H;2*1-4,6-7H;1-4H,(H,8,9);3,6H,1-2H3;;;;;/q-1;;4*-1;;;;;;;. The topological polar surface area (TPSA) is 189 Å². The summed E-state index contributed by atoms with van der Waals surface area (Å²) < 4.78 is 54.1. The molecule has 0 aliphatic rings. The van der Waals surface area contributed by atoms with Crippen molar-refractivity contribution in [3.63, 3.8) is 0 Å². The van der Waals surface area contributed by atoms with Crippen molar-refractivity contribution in [3.8, 4) is 54.9 Å². The van der Waals surface area contributed by atoms with Gasteiger partial charge in [0.05, 0.1) is 5.76 Å². The van der Waals surface area contributed by atoms with E-state index in [2.05, 4.69) is 109 Å². The molecule has 23 heteroatoms. The van der Waals surface area contributed by atoms with E-state index in [9.17, 15) is 37.1 Å². The third-order valence-electron chi connectivity index (χ3n) is 14.4. The van der Waals surface area contributed by atoms with Crippen molar-refractivity contribution in [2.24, 2.45) is 0 Å². The number of hydrogen-bond acceptors (Lipinski definition) is 13. The second-order valence-electron chi connectivity index (χ2n) is 22.2. The number of benzene rings is 8. The van der Waals surface area contributed by atoms with Gasteiger partial charge in [0.2, 0.25) is 0 Å².